The molecule has 130 valence electrons. The zero-order chi connectivity index (χ0) is 17.6. The van der Waals surface area contributed by atoms with Gasteiger partial charge in [0.1, 0.15) is 0 Å². The van der Waals surface area contributed by atoms with Gasteiger partial charge in [-0.15, -0.1) is 0 Å². The van der Waals surface area contributed by atoms with Crippen molar-refractivity contribution in [3.05, 3.63) is 65.7 Å². The molecule has 0 unspecified atom stereocenters. The third-order valence-electron chi connectivity index (χ3n) is 3.43. The Labute approximate surface area is 144 Å². The molecule has 0 amide bonds. The molecule has 0 aliphatic heterocycles. The maximum atomic E-state index is 11.2. The fourth-order valence-electron chi connectivity index (χ4n) is 2.55. The number of nitrogens with zero attached hydrogens (tertiary/aromatic N) is 1. The summed E-state index contributed by atoms with van der Waals surface area (Å²) >= 11 is 0. The highest BCUT2D eigenvalue weighted by Gasteiger charge is 2.10. The topological polar surface area (TPSA) is 69.6 Å². The van der Waals surface area contributed by atoms with Crippen LogP contribution < -0.4 is 4.72 Å². The first kappa shape index (κ1) is 18.4. The molecule has 2 aromatic rings. The summed E-state index contributed by atoms with van der Waals surface area (Å²) in [6, 6.07) is 17.4. The number of rotatable bonds is 8. The molecule has 0 aliphatic carbocycles. The van der Waals surface area contributed by atoms with Gasteiger partial charge in [0.15, 0.2) is 0 Å². The molecule has 0 fully saturated rings. The van der Waals surface area contributed by atoms with Gasteiger partial charge in [0, 0.05) is 25.3 Å². The summed E-state index contributed by atoms with van der Waals surface area (Å²) < 4.78 is 24.9. The quantitative estimate of drug-likeness (QED) is 0.769. The molecular weight excluding hydrogens is 324 g/mol. The van der Waals surface area contributed by atoms with Gasteiger partial charge in [-0.3, -0.25) is 9.62 Å². The molecule has 0 bridgehead atoms. The highest BCUT2D eigenvalue weighted by Crippen LogP contribution is 2.14. The molecule has 0 saturated heterocycles. The molecule has 5 nitrogen and oxygen atoms in total. The summed E-state index contributed by atoms with van der Waals surface area (Å²) in [6.07, 6.45) is 0.713. The minimum absolute atomic E-state index is 0.417. The number of anilines is 1. The smallest absolute Gasteiger partial charge is 0.229 e. The number of hydrogen-bond donors (Lipinski definition) is 2. The Morgan fingerprint density at radius 3 is 2.04 bits per heavy atom. The van der Waals surface area contributed by atoms with Crippen LogP contribution in [0.4, 0.5) is 5.69 Å². The lowest BCUT2D eigenvalue weighted by molar-refractivity contribution is 0.118. The Morgan fingerprint density at radius 1 is 1.00 bits per heavy atom. The van der Waals surface area contributed by atoms with Crippen LogP contribution in [0.2, 0.25) is 0 Å². The van der Waals surface area contributed by atoms with E-state index in [1.54, 1.807) is 19.1 Å². The molecule has 0 saturated carbocycles. The summed E-state index contributed by atoms with van der Waals surface area (Å²) in [5.74, 6) is 0. The van der Waals surface area contributed by atoms with Gasteiger partial charge in [-0.1, -0.05) is 42.5 Å². The van der Waals surface area contributed by atoms with E-state index in [-0.39, 0.29) is 0 Å². The number of benzene rings is 2. The number of hydrogen-bond acceptors (Lipinski definition) is 4. The van der Waals surface area contributed by atoms with Gasteiger partial charge in [0.2, 0.25) is 10.0 Å². The first-order valence-corrected chi connectivity index (χ1v) is 9.72. The van der Waals surface area contributed by atoms with Crippen molar-refractivity contribution in [2.75, 3.05) is 17.5 Å². The Morgan fingerprint density at radius 2 is 1.54 bits per heavy atom. The van der Waals surface area contributed by atoms with E-state index >= 15 is 0 Å². The molecular formula is C18H24N2O3S. The number of sulfonamides is 1. The first-order valence-electron chi connectivity index (χ1n) is 7.83. The van der Waals surface area contributed by atoms with E-state index in [9.17, 15) is 13.5 Å². The van der Waals surface area contributed by atoms with Crippen LogP contribution in [-0.2, 0) is 23.1 Å². The number of aliphatic hydroxyl groups excluding tert-OH is 1. The maximum Gasteiger partial charge on any atom is 0.229 e. The minimum atomic E-state index is -3.26. The van der Waals surface area contributed by atoms with E-state index in [1.807, 2.05) is 30.3 Å². The van der Waals surface area contributed by atoms with Crippen molar-refractivity contribution in [2.24, 2.45) is 0 Å². The van der Waals surface area contributed by atoms with Crippen molar-refractivity contribution >= 4 is 15.7 Å². The van der Waals surface area contributed by atoms with Crippen LogP contribution in [0.5, 0.6) is 0 Å². The van der Waals surface area contributed by atoms with Crippen LogP contribution in [0.1, 0.15) is 18.1 Å². The minimum Gasteiger partial charge on any atom is -0.392 e. The van der Waals surface area contributed by atoms with Gasteiger partial charge in [0.05, 0.1) is 12.4 Å². The maximum absolute atomic E-state index is 11.2. The zero-order valence-electron chi connectivity index (χ0n) is 14.0. The van der Waals surface area contributed by atoms with Gasteiger partial charge in [0.25, 0.3) is 0 Å². The average molecular weight is 348 g/mol. The van der Waals surface area contributed by atoms with Crippen molar-refractivity contribution in [3.63, 3.8) is 0 Å². The average Bonchev–Trinajstić information content (AvgIpc) is 2.48. The molecule has 0 aliphatic rings. The predicted octanol–water partition coefficient (Wildman–Crippen LogP) is 2.44. The molecule has 0 radical (unpaired) electrons. The van der Waals surface area contributed by atoms with Crippen LogP contribution in [0.3, 0.4) is 0 Å². The van der Waals surface area contributed by atoms with E-state index in [0.29, 0.717) is 18.8 Å². The number of nitrogens with one attached hydrogen (secondary N) is 1. The second-order valence-electron chi connectivity index (χ2n) is 6.08. The fourth-order valence-corrected chi connectivity index (χ4v) is 3.11. The largest absolute Gasteiger partial charge is 0.392 e. The van der Waals surface area contributed by atoms with Gasteiger partial charge in [-0.2, -0.15) is 0 Å². The lowest BCUT2D eigenvalue weighted by atomic mass is 10.1. The van der Waals surface area contributed by atoms with Gasteiger partial charge < -0.3 is 5.11 Å². The summed E-state index contributed by atoms with van der Waals surface area (Å²) in [7, 11) is -3.26. The summed E-state index contributed by atoms with van der Waals surface area (Å²) in [6.45, 7) is 3.77. The highest BCUT2D eigenvalue weighted by atomic mass is 32.2. The van der Waals surface area contributed by atoms with E-state index in [0.717, 1.165) is 18.4 Å². The third-order valence-corrected chi connectivity index (χ3v) is 4.04. The lowest BCUT2D eigenvalue weighted by Crippen LogP contribution is -2.30. The number of aliphatic hydroxyl groups is 1. The monoisotopic (exact) mass is 348 g/mol. The lowest BCUT2D eigenvalue weighted by Gasteiger charge is -2.24. The first-order chi connectivity index (χ1) is 11.3. The van der Waals surface area contributed by atoms with Gasteiger partial charge >= 0.3 is 0 Å². The highest BCUT2D eigenvalue weighted by molar-refractivity contribution is 7.92. The summed E-state index contributed by atoms with van der Waals surface area (Å²) in [4.78, 5) is 2.17. The Kier molecular flexibility index (Phi) is 6.36. The molecule has 2 rings (SSSR count). The summed E-state index contributed by atoms with van der Waals surface area (Å²) in [5.41, 5.74) is 2.80. The molecule has 0 aromatic heterocycles. The van der Waals surface area contributed by atoms with Crippen molar-refractivity contribution in [2.45, 2.75) is 26.1 Å². The SMILES string of the molecule is C[C@@H](O)CN(Cc1ccccc1)Cc1ccc(NS(C)(=O)=O)cc1. The molecule has 24 heavy (non-hydrogen) atoms. The van der Waals surface area contributed by atoms with E-state index in [4.69, 9.17) is 0 Å². The van der Waals surface area contributed by atoms with Crippen molar-refractivity contribution in [1.82, 2.24) is 4.90 Å². The van der Waals surface area contributed by atoms with Gasteiger partial charge in [-0.25, -0.2) is 8.42 Å². The molecule has 6 heteroatoms. The molecule has 0 heterocycles. The normalized spacial score (nSPS) is 13.0. The van der Waals surface area contributed by atoms with Crippen LogP contribution in [0.25, 0.3) is 0 Å². The molecule has 2 aromatic carbocycles. The second kappa shape index (κ2) is 8.28. The second-order valence-corrected chi connectivity index (χ2v) is 7.82. The van der Waals surface area contributed by atoms with Crippen LogP contribution >= 0.6 is 0 Å². The Bertz CT molecular complexity index is 729. The van der Waals surface area contributed by atoms with Crippen molar-refractivity contribution in [1.29, 1.82) is 0 Å². The van der Waals surface area contributed by atoms with E-state index in [1.165, 1.54) is 5.56 Å². The summed E-state index contributed by atoms with van der Waals surface area (Å²) in [5, 5.41) is 9.73. The van der Waals surface area contributed by atoms with E-state index < -0.39 is 16.1 Å². The standard InChI is InChI=1S/C18H24N2O3S/c1-15(21)12-20(13-16-6-4-3-5-7-16)14-17-8-10-18(11-9-17)19-24(2,22)23/h3-11,15,19,21H,12-14H2,1-2H3/t15-/m1/s1. The molecule has 1 atom stereocenters. The Balaban J connectivity index is 2.05. The van der Waals surface area contributed by atoms with Crippen molar-refractivity contribution < 1.29 is 13.5 Å². The fraction of sp³-hybridized carbons (Fsp3) is 0.333. The Hall–Kier alpha value is -1.89. The van der Waals surface area contributed by atoms with Crippen LogP contribution in [0.15, 0.2) is 54.6 Å². The molecule has 2 N–H and O–H groups in total. The van der Waals surface area contributed by atoms with Crippen LogP contribution in [0, 0.1) is 0 Å². The van der Waals surface area contributed by atoms with E-state index in [2.05, 4.69) is 21.8 Å². The third kappa shape index (κ3) is 6.70. The van der Waals surface area contributed by atoms with Crippen molar-refractivity contribution in [3.8, 4) is 0 Å². The molecule has 0 spiro atoms. The van der Waals surface area contributed by atoms with Crippen LogP contribution in [-0.4, -0.2) is 37.3 Å². The zero-order valence-corrected chi connectivity index (χ0v) is 14.8. The van der Waals surface area contributed by atoms with Gasteiger partial charge in [-0.05, 0) is 30.2 Å². The predicted molar refractivity (Wildman–Crippen MR) is 97.1 cm³/mol.